The highest BCUT2D eigenvalue weighted by Crippen LogP contribution is 2.28. The normalized spacial score (nSPS) is 16.9. The van der Waals surface area contributed by atoms with Gasteiger partial charge in [0.15, 0.2) is 0 Å². The van der Waals surface area contributed by atoms with Gasteiger partial charge >= 0.3 is 6.09 Å². The third-order valence-electron chi connectivity index (χ3n) is 5.05. The molecule has 0 saturated carbocycles. The van der Waals surface area contributed by atoms with E-state index < -0.39 is 17.6 Å². The van der Waals surface area contributed by atoms with Gasteiger partial charge in [-0.15, -0.1) is 0 Å². The van der Waals surface area contributed by atoms with E-state index >= 15 is 0 Å². The summed E-state index contributed by atoms with van der Waals surface area (Å²) in [4.78, 5) is 49.9. The van der Waals surface area contributed by atoms with Crippen molar-refractivity contribution in [3.8, 4) is 0 Å². The van der Waals surface area contributed by atoms with Crippen LogP contribution >= 0.6 is 0 Å². The summed E-state index contributed by atoms with van der Waals surface area (Å²) in [6, 6.07) is 9.63. The summed E-state index contributed by atoms with van der Waals surface area (Å²) < 4.78 is 5.09. The van der Waals surface area contributed by atoms with Gasteiger partial charge in [0.1, 0.15) is 5.60 Å². The van der Waals surface area contributed by atoms with Crippen LogP contribution < -0.4 is 16.0 Å². The Morgan fingerprint density at radius 3 is 2.38 bits per heavy atom. The number of nitrogens with zero attached hydrogens (tertiary/aromatic N) is 1. The molecule has 3 N–H and O–H groups in total. The minimum atomic E-state index is -0.592. The lowest BCUT2D eigenvalue weighted by Crippen LogP contribution is -2.39. The van der Waals surface area contributed by atoms with E-state index in [1.54, 1.807) is 25.7 Å². The van der Waals surface area contributed by atoms with Gasteiger partial charge < -0.3 is 25.6 Å². The highest BCUT2D eigenvalue weighted by Gasteiger charge is 2.36. The zero-order chi connectivity index (χ0) is 23.7. The van der Waals surface area contributed by atoms with Gasteiger partial charge in [-0.3, -0.25) is 14.4 Å². The third-order valence-corrected chi connectivity index (χ3v) is 5.05. The zero-order valence-corrected chi connectivity index (χ0v) is 19.3. The molecule has 1 aliphatic rings. The standard InChI is InChI=1S/C23H34N4O5/c1-16(17-8-6-5-7-9-17)27-15-18(14-20(27)29)21(30)25-13-12-24-19(28)10-11-26-22(31)32-23(2,3)4/h5-9,16,18H,10-15H2,1-4H3,(H,24,28)(H,25,30)(H,26,31). The maximum Gasteiger partial charge on any atom is 0.407 e. The van der Waals surface area contributed by atoms with Crippen LogP contribution in [0.2, 0.25) is 0 Å². The SMILES string of the molecule is CC(c1ccccc1)N1CC(C(=O)NCCNC(=O)CCNC(=O)OC(C)(C)C)CC1=O. The van der Waals surface area contributed by atoms with Gasteiger partial charge in [-0.25, -0.2) is 4.79 Å². The van der Waals surface area contributed by atoms with Crippen LogP contribution in [0.4, 0.5) is 4.79 Å². The highest BCUT2D eigenvalue weighted by atomic mass is 16.6. The molecule has 9 nitrogen and oxygen atoms in total. The Balaban J connectivity index is 1.63. The van der Waals surface area contributed by atoms with Crippen LogP contribution in [0.3, 0.4) is 0 Å². The minimum absolute atomic E-state index is 0.0349. The Hall–Kier alpha value is -3.10. The predicted octanol–water partition coefficient (Wildman–Crippen LogP) is 1.74. The fourth-order valence-corrected chi connectivity index (χ4v) is 3.41. The summed E-state index contributed by atoms with van der Waals surface area (Å²) >= 11 is 0. The second-order valence-corrected chi connectivity index (χ2v) is 8.85. The van der Waals surface area contributed by atoms with Gasteiger partial charge in [-0.05, 0) is 33.3 Å². The molecule has 176 valence electrons. The molecule has 0 bridgehead atoms. The molecule has 2 rings (SSSR count). The molecule has 0 radical (unpaired) electrons. The van der Waals surface area contributed by atoms with Crippen molar-refractivity contribution in [1.29, 1.82) is 0 Å². The molecular weight excluding hydrogens is 412 g/mol. The van der Waals surface area contributed by atoms with E-state index in [2.05, 4.69) is 16.0 Å². The number of rotatable bonds is 9. The molecule has 9 heteroatoms. The molecule has 32 heavy (non-hydrogen) atoms. The fourth-order valence-electron chi connectivity index (χ4n) is 3.41. The molecule has 1 aliphatic heterocycles. The predicted molar refractivity (Wildman–Crippen MR) is 120 cm³/mol. The Bertz CT molecular complexity index is 806. The van der Waals surface area contributed by atoms with Gasteiger partial charge in [0, 0.05) is 39.0 Å². The number of carbonyl (C=O) groups excluding carboxylic acids is 4. The first-order valence-electron chi connectivity index (χ1n) is 10.9. The van der Waals surface area contributed by atoms with Crippen LogP contribution in [0.5, 0.6) is 0 Å². The molecule has 0 aliphatic carbocycles. The summed E-state index contributed by atoms with van der Waals surface area (Å²) in [7, 11) is 0. The van der Waals surface area contributed by atoms with E-state index in [-0.39, 0.29) is 56.2 Å². The van der Waals surface area contributed by atoms with Crippen LogP contribution in [-0.4, -0.2) is 60.5 Å². The van der Waals surface area contributed by atoms with Crippen molar-refractivity contribution in [2.45, 2.75) is 52.2 Å². The van der Waals surface area contributed by atoms with E-state index in [4.69, 9.17) is 4.74 Å². The second-order valence-electron chi connectivity index (χ2n) is 8.85. The van der Waals surface area contributed by atoms with Crippen molar-refractivity contribution < 1.29 is 23.9 Å². The van der Waals surface area contributed by atoms with E-state index in [0.717, 1.165) is 5.56 Å². The first-order chi connectivity index (χ1) is 15.1. The van der Waals surface area contributed by atoms with Crippen LogP contribution in [0.15, 0.2) is 30.3 Å². The van der Waals surface area contributed by atoms with Crippen LogP contribution in [0.1, 0.15) is 52.1 Å². The molecular formula is C23H34N4O5. The van der Waals surface area contributed by atoms with Crippen molar-refractivity contribution >= 4 is 23.8 Å². The van der Waals surface area contributed by atoms with Crippen molar-refractivity contribution in [3.05, 3.63) is 35.9 Å². The van der Waals surface area contributed by atoms with Crippen molar-refractivity contribution in [2.75, 3.05) is 26.2 Å². The molecule has 2 atom stereocenters. The average molecular weight is 447 g/mol. The molecule has 1 aromatic carbocycles. The van der Waals surface area contributed by atoms with Gasteiger partial charge in [0.25, 0.3) is 0 Å². The average Bonchev–Trinajstić information content (AvgIpc) is 3.11. The third kappa shape index (κ3) is 8.20. The van der Waals surface area contributed by atoms with Gasteiger partial charge in [0.05, 0.1) is 12.0 Å². The van der Waals surface area contributed by atoms with Crippen LogP contribution in [-0.2, 0) is 19.1 Å². The van der Waals surface area contributed by atoms with E-state index in [1.807, 2.05) is 37.3 Å². The molecule has 1 heterocycles. The van der Waals surface area contributed by atoms with Crippen molar-refractivity contribution in [3.63, 3.8) is 0 Å². The first-order valence-corrected chi connectivity index (χ1v) is 10.9. The number of alkyl carbamates (subject to hydrolysis) is 1. The topological polar surface area (TPSA) is 117 Å². The number of benzene rings is 1. The molecule has 1 saturated heterocycles. The molecule has 0 spiro atoms. The Kier molecular flexibility index (Phi) is 9.04. The van der Waals surface area contributed by atoms with E-state index in [1.165, 1.54) is 0 Å². The number of hydrogen-bond donors (Lipinski definition) is 3. The fraction of sp³-hybridized carbons (Fsp3) is 0.565. The molecule has 2 unspecified atom stereocenters. The highest BCUT2D eigenvalue weighted by molar-refractivity contribution is 5.89. The first kappa shape index (κ1) is 25.2. The Labute approximate surface area is 189 Å². The van der Waals surface area contributed by atoms with Crippen molar-refractivity contribution in [2.24, 2.45) is 5.92 Å². The molecule has 1 fully saturated rings. The molecule has 0 aromatic heterocycles. The summed E-state index contributed by atoms with van der Waals surface area (Å²) in [5.74, 6) is -0.870. The number of nitrogens with one attached hydrogen (secondary N) is 3. The lowest BCUT2D eigenvalue weighted by molar-refractivity contribution is -0.130. The Morgan fingerprint density at radius 2 is 1.72 bits per heavy atom. The smallest absolute Gasteiger partial charge is 0.407 e. The molecule has 4 amide bonds. The van der Waals surface area contributed by atoms with Gasteiger partial charge in [0.2, 0.25) is 17.7 Å². The lowest BCUT2D eigenvalue weighted by Gasteiger charge is -2.25. The van der Waals surface area contributed by atoms with E-state index in [0.29, 0.717) is 6.54 Å². The number of carbonyl (C=O) groups is 4. The maximum absolute atomic E-state index is 12.4. The number of ether oxygens (including phenoxy) is 1. The summed E-state index contributed by atoms with van der Waals surface area (Å²) in [6.45, 7) is 8.31. The monoisotopic (exact) mass is 446 g/mol. The largest absolute Gasteiger partial charge is 0.444 e. The summed E-state index contributed by atoms with van der Waals surface area (Å²) in [5, 5.41) is 7.98. The summed E-state index contributed by atoms with van der Waals surface area (Å²) in [5.41, 5.74) is 0.441. The van der Waals surface area contributed by atoms with Gasteiger partial charge in [-0.2, -0.15) is 0 Å². The maximum atomic E-state index is 12.4. The van der Waals surface area contributed by atoms with Crippen molar-refractivity contribution in [1.82, 2.24) is 20.9 Å². The van der Waals surface area contributed by atoms with Crippen LogP contribution in [0, 0.1) is 5.92 Å². The molecule has 1 aromatic rings. The quantitative estimate of drug-likeness (QED) is 0.500. The Morgan fingerprint density at radius 1 is 1.06 bits per heavy atom. The number of amides is 4. The number of hydrogen-bond acceptors (Lipinski definition) is 5. The van der Waals surface area contributed by atoms with E-state index in [9.17, 15) is 19.2 Å². The number of likely N-dealkylation sites (tertiary alicyclic amines) is 1. The lowest BCUT2D eigenvalue weighted by atomic mass is 10.1. The van der Waals surface area contributed by atoms with Gasteiger partial charge in [-0.1, -0.05) is 30.3 Å². The van der Waals surface area contributed by atoms with Crippen LogP contribution in [0.25, 0.3) is 0 Å². The second kappa shape index (κ2) is 11.5. The minimum Gasteiger partial charge on any atom is -0.444 e. The summed E-state index contributed by atoms with van der Waals surface area (Å²) in [6.07, 6.45) is -0.276. The zero-order valence-electron chi connectivity index (χ0n) is 19.3.